The van der Waals surface area contributed by atoms with Gasteiger partial charge in [0.25, 0.3) is 0 Å². The smallest absolute Gasteiger partial charge is 0.442 e. The van der Waals surface area contributed by atoms with Gasteiger partial charge in [0.05, 0.1) is 13.2 Å². The average molecular weight is 421 g/mol. The third-order valence-corrected chi connectivity index (χ3v) is 4.75. The number of hydrogen-bond donors (Lipinski definition) is 1. The first-order valence-electron chi connectivity index (χ1n) is 9.59. The summed E-state index contributed by atoms with van der Waals surface area (Å²) in [6.07, 6.45) is -0.612. The summed E-state index contributed by atoms with van der Waals surface area (Å²) in [5.74, 6) is -0.273. The van der Waals surface area contributed by atoms with Gasteiger partial charge in [0.2, 0.25) is 0 Å². The normalized spacial score (nSPS) is 10.9. The van der Waals surface area contributed by atoms with Crippen molar-refractivity contribution in [2.75, 3.05) is 11.9 Å². The van der Waals surface area contributed by atoms with Crippen LogP contribution in [-0.2, 0) is 11.3 Å². The molecule has 0 aliphatic carbocycles. The number of ether oxygens (including phenoxy) is 1. The highest BCUT2D eigenvalue weighted by atomic mass is 16.5. The molecule has 0 saturated heterocycles. The number of hydrogen-bond acceptors (Lipinski definition) is 7. The van der Waals surface area contributed by atoms with Crippen LogP contribution in [-0.4, -0.2) is 22.4 Å². The molecule has 1 N–H and O–H groups in total. The van der Waals surface area contributed by atoms with Crippen LogP contribution in [0.5, 0.6) is 0 Å². The van der Waals surface area contributed by atoms with E-state index >= 15 is 0 Å². The average Bonchev–Trinajstić information content (AvgIpc) is 3.08. The maximum absolute atomic E-state index is 12.4. The minimum absolute atomic E-state index is 0.0543. The van der Waals surface area contributed by atoms with Gasteiger partial charge in [0.1, 0.15) is 5.58 Å². The Balaban J connectivity index is 1.76. The molecule has 158 valence electrons. The predicted molar refractivity (Wildman–Crippen MR) is 113 cm³/mol. The summed E-state index contributed by atoms with van der Waals surface area (Å²) in [5, 5.41) is 7.09. The van der Waals surface area contributed by atoms with Crippen molar-refractivity contribution in [3.8, 4) is 11.4 Å². The molecule has 31 heavy (non-hydrogen) atoms. The molecule has 0 fully saturated rings. The monoisotopic (exact) mass is 421 g/mol. The molecule has 0 unspecified atom stereocenters. The topological polar surface area (TPSA) is 117 Å². The van der Waals surface area contributed by atoms with Crippen molar-refractivity contribution in [3.63, 3.8) is 0 Å². The van der Waals surface area contributed by atoms with Crippen molar-refractivity contribution < 1.29 is 18.5 Å². The molecular weight excluding hydrogens is 402 g/mol. The minimum Gasteiger partial charge on any atom is -0.450 e. The Bertz CT molecular complexity index is 1380. The maximum Gasteiger partial charge on any atom is 0.442 e. The number of anilines is 1. The SMILES string of the molecule is CCOC(=O)Nc1ccc2c(Cn3c(-c4ccccc4C)noc3=O)cc(=O)oc2c1. The molecule has 0 spiro atoms. The van der Waals surface area contributed by atoms with Crippen molar-refractivity contribution in [1.29, 1.82) is 0 Å². The van der Waals surface area contributed by atoms with Crippen molar-refractivity contribution >= 4 is 22.7 Å². The second kappa shape index (κ2) is 8.31. The van der Waals surface area contributed by atoms with Crippen LogP contribution in [0, 0.1) is 6.92 Å². The fourth-order valence-electron chi connectivity index (χ4n) is 3.32. The van der Waals surface area contributed by atoms with E-state index in [9.17, 15) is 14.4 Å². The van der Waals surface area contributed by atoms with Gasteiger partial charge in [0, 0.05) is 28.8 Å². The minimum atomic E-state index is -0.639. The first-order valence-corrected chi connectivity index (χ1v) is 9.59. The zero-order valence-electron chi connectivity index (χ0n) is 16.9. The van der Waals surface area contributed by atoms with E-state index in [1.54, 1.807) is 19.1 Å². The lowest BCUT2D eigenvalue weighted by Gasteiger charge is -2.10. The molecule has 0 aliphatic rings. The van der Waals surface area contributed by atoms with Gasteiger partial charge in [-0.05, 0) is 37.1 Å². The van der Waals surface area contributed by atoms with Crippen LogP contribution in [0.15, 0.2) is 67.1 Å². The molecule has 9 nitrogen and oxygen atoms in total. The fourth-order valence-corrected chi connectivity index (χ4v) is 3.32. The van der Waals surface area contributed by atoms with Gasteiger partial charge in [-0.15, -0.1) is 0 Å². The molecule has 4 aromatic rings. The molecule has 2 aromatic heterocycles. The number of carbonyl (C=O) groups excluding carboxylic acids is 1. The Kier molecular flexibility index (Phi) is 5.40. The van der Waals surface area contributed by atoms with Crippen LogP contribution in [0.3, 0.4) is 0 Å². The highest BCUT2D eigenvalue weighted by molar-refractivity contribution is 5.90. The molecule has 0 aliphatic heterocycles. The van der Waals surface area contributed by atoms with Gasteiger partial charge in [0.15, 0.2) is 5.82 Å². The summed E-state index contributed by atoms with van der Waals surface area (Å²) < 4.78 is 16.4. The number of nitrogens with one attached hydrogen (secondary N) is 1. The Morgan fingerprint density at radius 1 is 1.16 bits per heavy atom. The lowest BCUT2D eigenvalue weighted by Crippen LogP contribution is -2.18. The third-order valence-electron chi connectivity index (χ3n) is 4.75. The zero-order valence-corrected chi connectivity index (χ0v) is 16.9. The van der Waals surface area contributed by atoms with Gasteiger partial charge >= 0.3 is 17.5 Å². The number of amides is 1. The molecule has 0 radical (unpaired) electrons. The van der Waals surface area contributed by atoms with E-state index in [2.05, 4.69) is 10.5 Å². The molecule has 2 heterocycles. The molecule has 9 heteroatoms. The number of benzene rings is 2. The second-order valence-electron chi connectivity index (χ2n) is 6.82. The molecule has 4 rings (SSSR count). The number of carbonyl (C=O) groups is 1. The van der Waals surface area contributed by atoms with E-state index < -0.39 is 17.5 Å². The Morgan fingerprint density at radius 2 is 1.97 bits per heavy atom. The first-order chi connectivity index (χ1) is 15.0. The fraction of sp³-hybridized carbons (Fsp3) is 0.182. The molecular formula is C22H19N3O6. The van der Waals surface area contributed by atoms with E-state index in [1.807, 2.05) is 31.2 Å². The van der Waals surface area contributed by atoms with Crippen LogP contribution in [0.4, 0.5) is 10.5 Å². The van der Waals surface area contributed by atoms with Crippen LogP contribution in [0.1, 0.15) is 18.1 Å². The van der Waals surface area contributed by atoms with Gasteiger partial charge in [-0.2, -0.15) is 0 Å². The van der Waals surface area contributed by atoms with Crippen LogP contribution < -0.4 is 16.7 Å². The molecule has 0 atom stereocenters. The first kappa shape index (κ1) is 20.1. The number of aromatic nitrogens is 2. The van der Waals surface area contributed by atoms with Gasteiger partial charge in [-0.3, -0.25) is 14.4 Å². The largest absolute Gasteiger partial charge is 0.450 e. The Morgan fingerprint density at radius 3 is 2.74 bits per heavy atom. The molecule has 0 saturated carbocycles. The Labute approximate surface area is 175 Å². The summed E-state index contributed by atoms with van der Waals surface area (Å²) in [7, 11) is 0. The van der Waals surface area contributed by atoms with Crippen molar-refractivity contribution in [1.82, 2.24) is 9.72 Å². The van der Waals surface area contributed by atoms with Gasteiger partial charge < -0.3 is 9.15 Å². The molecule has 2 aromatic carbocycles. The van der Waals surface area contributed by atoms with Crippen molar-refractivity contribution in [2.45, 2.75) is 20.4 Å². The molecule has 0 bridgehead atoms. The lowest BCUT2D eigenvalue weighted by atomic mass is 10.1. The highest BCUT2D eigenvalue weighted by Gasteiger charge is 2.17. The van der Waals surface area contributed by atoms with Crippen LogP contribution >= 0.6 is 0 Å². The molecule has 1 amide bonds. The zero-order chi connectivity index (χ0) is 22.0. The number of nitrogens with zero attached hydrogens (tertiary/aromatic N) is 2. The van der Waals surface area contributed by atoms with Crippen LogP contribution in [0.2, 0.25) is 0 Å². The second-order valence-corrected chi connectivity index (χ2v) is 6.82. The van der Waals surface area contributed by atoms with Gasteiger partial charge in [-0.1, -0.05) is 29.4 Å². The quantitative estimate of drug-likeness (QED) is 0.490. The summed E-state index contributed by atoms with van der Waals surface area (Å²) >= 11 is 0. The van der Waals surface area contributed by atoms with Crippen LogP contribution in [0.25, 0.3) is 22.4 Å². The summed E-state index contributed by atoms with van der Waals surface area (Å²) in [6, 6.07) is 13.7. The predicted octanol–water partition coefficient (Wildman–Crippen LogP) is 3.53. The van der Waals surface area contributed by atoms with Gasteiger partial charge in [-0.25, -0.2) is 14.4 Å². The number of aryl methyl sites for hydroxylation is 1. The van der Waals surface area contributed by atoms with E-state index in [4.69, 9.17) is 13.7 Å². The van der Waals surface area contributed by atoms with Crippen molar-refractivity contribution in [2.24, 2.45) is 0 Å². The summed E-state index contributed by atoms with van der Waals surface area (Å²) in [4.78, 5) is 36.2. The number of rotatable bonds is 5. The maximum atomic E-state index is 12.4. The Hall–Kier alpha value is -4.14. The number of fused-ring (bicyclic) bond motifs is 1. The standard InChI is InChI=1S/C22H19N3O6/c1-3-29-21(27)23-15-8-9-17-14(10-19(26)30-18(17)11-15)12-25-20(24-31-22(25)28)16-7-5-4-6-13(16)2/h4-11H,3,12H2,1-2H3,(H,23,27). The highest BCUT2D eigenvalue weighted by Crippen LogP contribution is 2.25. The van der Waals surface area contributed by atoms with E-state index in [0.717, 1.165) is 11.1 Å². The van der Waals surface area contributed by atoms with E-state index in [0.29, 0.717) is 22.5 Å². The van der Waals surface area contributed by atoms with E-state index in [-0.39, 0.29) is 18.7 Å². The van der Waals surface area contributed by atoms with Crippen molar-refractivity contribution in [3.05, 3.63) is 80.6 Å². The lowest BCUT2D eigenvalue weighted by molar-refractivity contribution is 0.168. The summed E-state index contributed by atoms with van der Waals surface area (Å²) in [5.41, 5.74) is 2.32. The summed E-state index contributed by atoms with van der Waals surface area (Å²) in [6.45, 7) is 3.89. The van der Waals surface area contributed by atoms with E-state index in [1.165, 1.54) is 16.7 Å². The third kappa shape index (κ3) is 4.11.